The van der Waals surface area contributed by atoms with E-state index in [1.807, 2.05) is 51.1 Å². The number of nitrogens with two attached hydrogens (primary N) is 1. The predicted octanol–water partition coefficient (Wildman–Crippen LogP) is 7.49. The Labute approximate surface area is 301 Å². The zero-order valence-corrected chi connectivity index (χ0v) is 31.9. The Bertz CT molecular complexity index is 966. The third-order valence-corrected chi connectivity index (χ3v) is 6.05. The van der Waals surface area contributed by atoms with Gasteiger partial charge in [0.25, 0.3) is 0 Å². The van der Waals surface area contributed by atoms with Crippen LogP contribution in [0.2, 0.25) is 0 Å². The summed E-state index contributed by atoms with van der Waals surface area (Å²) in [5, 5.41) is 21.7. The molecule has 2 aromatic rings. The minimum atomic E-state index is -0.315. The molecule has 1 fully saturated rings. The number of allylic oxidation sites excluding steroid dienone is 1. The minimum Gasteiger partial charge on any atom is -0.851 e. The zero-order chi connectivity index (χ0) is 34.3. The van der Waals surface area contributed by atoms with Crippen LogP contribution in [0.5, 0.6) is 0 Å². The second kappa shape index (κ2) is 35.8. The predicted molar refractivity (Wildman–Crippen MR) is 190 cm³/mol. The van der Waals surface area contributed by atoms with Crippen molar-refractivity contribution < 1.29 is 14.6 Å². The van der Waals surface area contributed by atoms with Crippen LogP contribution in [0, 0.1) is 50.5 Å². The van der Waals surface area contributed by atoms with Crippen LogP contribution in [0.4, 0.5) is 0 Å². The maximum absolute atomic E-state index is 10.7. The summed E-state index contributed by atoms with van der Waals surface area (Å²) < 4.78 is 5.19. The Morgan fingerprint density at radius 1 is 1.14 bits per heavy atom. The molecule has 0 atom stereocenters. The molecule has 0 heterocycles. The first-order valence-electron chi connectivity index (χ1n) is 15.2. The smallest absolute Gasteiger partial charge is 0.851 e. The molecular formula is C37H62CaN3O3-. The van der Waals surface area contributed by atoms with Gasteiger partial charge in [0, 0.05) is 12.3 Å². The van der Waals surface area contributed by atoms with Gasteiger partial charge < -0.3 is 27.8 Å². The average molecular weight is 637 g/mol. The second-order valence-electron chi connectivity index (χ2n) is 10.2. The molecule has 7 heteroatoms. The van der Waals surface area contributed by atoms with E-state index < -0.39 is 0 Å². The molecule has 1 saturated carbocycles. The van der Waals surface area contributed by atoms with E-state index in [0.29, 0.717) is 29.7 Å². The summed E-state index contributed by atoms with van der Waals surface area (Å²) in [5.74, 6) is 1.15. The molecule has 0 saturated heterocycles. The molecule has 0 spiro atoms. The molecule has 0 unspecified atom stereocenters. The Morgan fingerprint density at radius 2 is 1.59 bits per heavy atom. The van der Waals surface area contributed by atoms with E-state index in [9.17, 15) is 9.90 Å². The molecule has 44 heavy (non-hydrogen) atoms. The summed E-state index contributed by atoms with van der Waals surface area (Å²) in [6.45, 7) is 25.9. The summed E-state index contributed by atoms with van der Waals surface area (Å²) in [6.07, 6.45) is 5.07. The summed E-state index contributed by atoms with van der Waals surface area (Å²) in [6, 6.07) is 17.6. The summed E-state index contributed by atoms with van der Waals surface area (Å²) in [4.78, 5) is 10.7. The number of carbonyl (C=O) groups is 1. The number of nitrogens with zero attached hydrogens (tertiary/aromatic N) is 1. The molecule has 2 aromatic carbocycles. The minimum absolute atomic E-state index is 0. The summed E-state index contributed by atoms with van der Waals surface area (Å²) >= 11 is 0. The van der Waals surface area contributed by atoms with Gasteiger partial charge in [-0.2, -0.15) is 5.26 Å². The number of hydrogen-bond acceptors (Lipinski definition) is 6. The Hall–Kier alpha value is -1.72. The topological polar surface area (TPSA) is 111 Å². The van der Waals surface area contributed by atoms with Gasteiger partial charge in [-0.15, -0.1) is 13.2 Å². The first kappa shape index (κ1) is 51.8. The number of aryl methyl sites for hydroxylation is 2. The molecule has 6 nitrogen and oxygen atoms in total. The monoisotopic (exact) mass is 636 g/mol. The fraction of sp³-hybridized carbons (Fsp3) is 0.514. The van der Waals surface area contributed by atoms with Crippen LogP contribution < -0.4 is 16.2 Å². The van der Waals surface area contributed by atoms with Gasteiger partial charge >= 0.3 is 37.7 Å². The van der Waals surface area contributed by atoms with Crippen molar-refractivity contribution in [2.24, 2.45) is 17.1 Å². The van der Waals surface area contributed by atoms with Gasteiger partial charge in [0.1, 0.15) is 0 Å². The van der Waals surface area contributed by atoms with Gasteiger partial charge in [0.15, 0.2) is 11.5 Å². The summed E-state index contributed by atoms with van der Waals surface area (Å²) in [7, 11) is 5.00. The van der Waals surface area contributed by atoms with E-state index in [1.54, 1.807) is 19.2 Å². The standard InChI is InChI=1S/C9H8NO.C9H14O2.C7H8.C6H14.2C2H6N.C2H6.Ca/c1-7-3-2-4-8(6-11)9(7)5-10;1-7(10)8(2)11-6-9(3)4-5-9;1-7-5-3-2-4-6-7;1-4-6(3)5-2;1-3-2;1-2-3;1-2;/h2-4H,6H2,1H3;2,4-6H2,1,3H3;2-6H,1H3;6H,4-5H2,1-3H3;3H,1H2,2H3;1-3H2;1-2H3;/q-1;;;;2*-1;;+2. The number of nitrogens with one attached hydrogen (secondary N) is 1. The van der Waals surface area contributed by atoms with Gasteiger partial charge in [-0.25, -0.2) is 0 Å². The Kier molecular flexibility index (Phi) is 42.1. The number of Topliss-reactive ketones (excluding diaryl/α,β-unsaturated/α-hetero) is 1. The third-order valence-electron chi connectivity index (χ3n) is 6.05. The van der Waals surface area contributed by atoms with Crippen molar-refractivity contribution >= 4 is 43.5 Å². The van der Waals surface area contributed by atoms with E-state index in [-0.39, 0.29) is 55.9 Å². The van der Waals surface area contributed by atoms with Gasteiger partial charge in [-0.05, 0) is 50.8 Å². The van der Waals surface area contributed by atoms with Crippen molar-refractivity contribution in [3.05, 3.63) is 97.1 Å². The van der Waals surface area contributed by atoms with Crippen molar-refractivity contribution in [3.63, 3.8) is 0 Å². The van der Waals surface area contributed by atoms with Gasteiger partial charge in [0.05, 0.1) is 18.2 Å². The van der Waals surface area contributed by atoms with Gasteiger partial charge in [-0.3, -0.25) is 11.8 Å². The van der Waals surface area contributed by atoms with Gasteiger partial charge in [0.2, 0.25) is 0 Å². The van der Waals surface area contributed by atoms with E-state index in [4.69, 9.17) is 15.7 Å². The van der Waals surface area contributed by atoms with Crippen molar-refractivity contribution in [2.45, 2.75) is 94.6 Å². The van der Waals surface area contributed by atoms with Crippen LogP contribution in [0.25, 0.3) is 0 Å². The average Bonchev–Trinajstić information content (AvgIpc) is 3.75. The second-order valence-corrected chi connectivity index (χ2v) is 10.2. The molecule has 0 amide bonds. The van der Waals surface area contributed by atoms with Crippen LogP contribution in [0.3, 0.4) is 0 Å². The van der Waals surface area contributed by atoms with Crippen LogP contribution >= 0.6 is 0 Å². The number of ketones is 1. The fourth-order valence-electron chi connectivity index (χ4n) is 2.55. The van der Waals surface area contributed by atoms with Crippen molar-refractivity contribution in [3.8, 4) is 6.07 Å². The van der Waals surface area contributed by atoms with Crippen LogP contribution in [-0.2, 0) is 16.1 Å². The number of rotatable bonds is 7. The molecular weight excluding hydrogens is 575 g/mol. The maximum Gasteiger partial charge on any atom is 2.00 e. The summed E-state index contributed by atoms with van der Waals surface area (Å²) in [5.41, 5.74) is 8.39. The number of nitriles is 1. The van der Waals surface area contributed by atoms with E-state index in [1.165, 1.54) is 38.2 Å². The van der Waals surface area contributed by atoms with Crippen molar-refractivity contribution in [1.29, 1.82) is 5.26 Å². The van der Waals surface area contributed by atoms with Crippen molar-refractivity contribution in [2.75, 3.05) is 20.2 Å². The number of ether oxygens (including phenoxy) is 1. The van der Waals surface area contributed by atoms with Gasteiger partial charge in [-0.1, -0.05) is 115 Å². The van der Waals surface area contributed by atoms with E-state index in [0.717, 1.165) is 11.5 Å². The maximum atomic E-state index is 10.7. The molecule has 3 rings (SSSR count). The molecule has 0 aromatic heterocycles. The quantitative estimate of drug-likeness (QED) is 0.141. The Morgan fingerprint density at radius 3 is 1.84 bits per heavy atom. The molecule has 1 aliphatic rings. The Balaban J connectivity index is -0.000000144. The fourth-order valence-corrected chi connectivity index (χ4v) is 2.55. The number of benzene rings is 2. The molecule has 1 aliphatic carbocycles. The number of carbonyl (C=O) groups excluding carboxylic acids is 1. The first-order chi connectivity index (χ1) is 20.4. The zero-order valence-electron chi connectivity index (χ0n) is 29.7. The van der Waals surface area contributed by atoms with Crippen LogP contribution in [-0.4, -0.2) is 63.7 Å². The van der Waals surface area contributed by atoms with Crippen LogP contribution in [0.15, 0.2) is 60.9 Å². The molecule has 0 bridgehead atoms. The largest absolute Gasteiger partial charge is 2.00 e. The normalized spacial score (nSPS) is 10.8. The first-order valence-corrected chi connectivity index (χ1v) is 15.2. The van der Waals surface area contributed by atoms with E-state index >= 15 is 0 Å². The molecule has 0 aliphatic heterocycles. The SMILES string of the molecule is C=C(OCC1(C)CC1)C(C)=O.CC.CCC(C)CC.Cc1cccc(C[O-])c1C#N.Cc1ccccc1.[CH2-]CN.[CH2-]NC.[Ca+2]. The number of hydrogen-bond donors (Lipinski definition) is 2. The van der Waals surface area contributed by atoms with Crippen molar-refractivity contribution in [1.82, 2.24) is 5.32 Å². The third kappa shape index (κ3) is 33.2. The molecule has 0 radical (unpaired) electrons. The van der Waals surface area contributed by atoms with Crippen LogP contribution in [0.1, 0.15) is 96.4 Å². The molecule has 3 N–H and O–H groups in total. The van der Waals surface area contributed by atoms with E-state index in [2.05, 4.69) is 72.6 Å². The molecule has 246 valence electrons.